The standard InChI is InChI=1S/C21H23N5O3S/c1-14-12-15(10-11-22-14)18-24-25-19(26(18)20(28)29-21(2,3)4)30-13-17(27)23-16-8-6-5-7-9-16/h5-12H,13H2,1-4H3,(H,23,27). The van der Waals surface area contributed by atoms with Crippen molar-refractivity contribution in [3.63, 3.8) is 0 Å². The van der Waals surface area contributed by atoms with E-state index in [1.165, 1.54) is 4.57 Å². The van der Waals surface area contributed by atoms with Gasteiger partial charge in [-0.1, -0.05) is 30.0 Å². The molecule has 0 atom stereocenters. The topological polar surface area (TPSA) is 99.0 Å². The van der Waals surface area contributed by atoms with Gasteiger partial charge in [-0.2, -0.15) is 0 Å². The van der Waals surface area contributed by atoms with Gasteiger partial charge in [0.05, 0.1) is 5.75 Å². The number of hydrogen-bond donors (Lipinski definition) is 1. The number of anilines is 1. The maximum absolute atomic E-state index is 12.9. The van der Waals surface area contributed by atoms with Gasteiger partial charge in [-0.05, 0) is 52.0 Å². The summed E-state index contributed by atoms with van der Waals surface area (Å²) in [5.41, 5.74) is 1.47. The number of thioether (sulfide) groups is 1. The van der Waals surface area contributed by atoms with Crippen LogP contribution < -0.4 is 5.32 Å². The van der Waals surface area contributed by atoms with Gasteiger partial charge in [0.15, 0.2) is 5.82 Å². The van der Waals surface area contributed by atoms with Crippen LogP contribution in [0.15, 0.2) is 53.8 Å². The van der Waals surface area contributed by atoms with Crippen LogP contribution in [0.25, 0.3) is 11.4 Å². The summed E-state index contributed by atoms with van der Waals surface area (Å²) in [7, 11) is 0. The van der Waals surface area contributed by atoms with Gasteiger partial charge in [-0.3, -0.25) is 9.78 Å². The van der Waals surface area contributed by atoms with E-state index < -0.39 is 11.7 Å². The summed E-state index contributed by atoms with van der Waals surface area (Å²) in [6.07, 6.45) is 1.03. The van der Waals surface area contributed by atoms with Crippen LogP contribution >= 0.6 is 11.8 Å². The fourth-order valence-electron chi connectivity index (χ4n) is 2.56. The number of nitrogens with one attached hydrogen (secondary N) is 1. The van der Waals surface area contributed by atoms with Crippen LogP contribution in [0.4, 0.5) is 10.5 Å². The molecule has 0 aliphatic rings. The molecule has 1 amide bonds. The van der Waals surface area contributed by atoms with Crippen molar-refractivity contribution in [2.24, 2.45) is 0 Å². The van der Waals surface area contributed by atoms with Crippen molar-refractivity contribution in [2.75, 3.05) is 11.1 Å². The molecule has 0 fully saturated rings. The van der Waals surface area contributed by atoms with Crippen molar-refractivity contribution in [1.82, 2.24) is 19.7 Å². The zero-order chi connectivity index (χ0) is 21.7. The zero-order valence-corrected chi connectivity index (χ0v) is 18.1. The van der Waals surface area contributed by atoms with Crippen LogP contribution in [0.2, 0.25) is 0 Å². The van der Waals surface area contributed by atoms with Gasteiger partial charge in [0.2, 0.25) is 11.1 Å². The second-order valence-corrected chi connectivity index (χ2v) is 8.45. The minimum absolute atomic E-state index is 0.0607. The Morgan fingerprint density at radius 3 is 2.53 bits per heavy atom. The normalized spacial score (nSPS) is 11.2. The molecule has 0 saturated carbocycles. The average molecular weight is 426 g/mol. The molecule has 2 aromatic heterocycles. The van der Waals surface area contributed by atoms with Crippen molar-refractivity contribution in [3.05, 3.63) is 54.4 Å². The third-order valence-electron chi connectivity index (χ3n) is 3.75. The molecular formula is C21H23N5O3S. The summed E-state index contributed by atoms with van der Waals surface area (Å²) in [6.45, 7) is 7.20. The Bertz CT molecular complexity index is 1040. The number of nitrogens with zero attached hydrogens (tertiary/aromatic N) is 4. The Kier molecular flexibility index (Phi) is 6.51. The lowest BCUT2D eigenvalue weighted by molar-refractivity contribution is -0.113. The predicted molar refractivity (Wildman–Crippen MR) is 115 cm³/mol. The molecule has 0 bridgehead atoms. The first-order valence-corrected chi connectivity index (χ1v) is 10.3. The number of ether oxygens (including phenoxy) is 1. The van der Waals surface area contributed by atoms with Gasteiger partial charge in [0.1, 0.15) is 5.60 Å². The number of amides is 1. The third kappa shape index (κ3) is 5.66. The summed E-state index contributed by atoms with van der Waals surface area (Å²) < 4.78 is 6.82. The smallest absolute Gasteiger partial charge is 0.422 e. The van der Waals surface area contributed by atoms with E-state index >= 15 is 0 Å². The summed E-state index contributed by atoms with van der Waals surface area (Å²) in [4.78, 5) is 29.4. The molecule has 0 unspecified atom stereocenters. The van der Waals surface area contributed by atoms with E-state index in [1.807, 2.05) is 25.1 Å². The van der Waals surface area contributed by atoms with E-state index in [-0.39, 0.29) is 16.8 Å². The van der Waals surface area contributed by atoms with E-state index in [4.69, 9.17) is 4.74 Å². The van der Waals surface area contributed by atoms with E-state index in [0.717, 1.165) is 17.5 Å². The summed E-state index contributed by atoms with van der Waals surface area (Å²) in [5, 5.41) is 11.4. The minimum Gasteiger partial charge on any atom is -0.443 e. The molecule has 156 valence electrons. The number of carbonyl (C=O) groups excluding carboxylic acids is 2. The van der Waals surface area contributed by atoms with E-state index in [9.17, 15) is 9.59 Å². The quantitative estimate of drug-likeness (QED) is 0.613. The highest BCUT2D eigenvalue weighted by Crippen LogP contribution is 2.26. The highest BCUT2D eigenvalue weighted by atomic mass is 32.2. The number of aromatic nitrogens is 4. The van der Waals surface area contributed by atoms with Crippen LogP contribution in [-0.4, -0.2) is 43.1 Å². The van der Waals surface area contributed by atoms with Gasteiger partial charge in [0, 0.05) is 23.1 Å². The van der Waals surface area contributed by atoms with Gasteiger partial charge in [-0.15, -0.1) is 10.2 Å². The summed E-state index contributed by atoms with van der Waals surface area (Å²) >= 11 is 1.11. The highest BCUT2D eigenvalue weighted by Gasteiger charge is 2.26. The Labute approximate surface area is 179 Å². The van der Waals surface area contributed by atoms with Crippen LogP contribution in [0, 0.1) is 6.92 Å². The molecule has 0 aliphatic carbocycles. The number of pyridine rings is 1. The third-order valence-corrected chi connectivity index (χ3v) is 4.68. The number of para-hydroxylation sites is 1. The van der Waals surface area contributed by atoms with Crippen LogP contribution in [0.1, 0.15) is 26.5 Å². The molecule has 1 aromatic carbocycles. The lowest BCUT2D eigenvalue weighted by Gasteiger charge is -2.20. The predicted octanol–water partition coefficient (Wildman–Crippen LogP) is 4.16. The second kappa shape index (κ2) is 9.08. The average Bonchev–Trinajstić information content (AvgIpc) is 3.10. The molecule has 8 nitrogen and oxygen atoms in total. The first-order chi connectivity index (χ1) is 14.2. The van der Waals surface area contributed by atoms with Crippen LogP contribution in [-0.2, 0) is 9.53 Å². The number of hydrogen-bond acceptors (Lipinski definition) is 7. The molecule has 0 aliphatic heterocycles. The Morgan fingerprint density at radius 2 is 1.87 bits per heavy atom. The molecular weight excluding hydrogens is 402 g/mol. The number of carbonyl (C=O) groups is 2. The van der Waals surface area contributed by atoms with Crippen LogP contribution in [0.5, 0.6) is 0 Å². The monoisotopic (exact) mass is 425 g/mol. The molecule has 3 aromatic rings. The number of aryl methyl sites for hydroxylation is 1. The fourth-order valence-corrected chi connectivity index (χ4v) is 3.28. The van der Waals surface area contributed by atoms with Crippen molar-refractivity contribution in [1.29, 1.82) is 0 Å². The molecule has 30 heavy (non-hydrogen) atoms. The largest absolute Gasteiger partial charge is 0.443 e. The lowest BCUT2D eigenvalue weighted by Crippen LogP contribution is -2.28. The van der Waals surface area contributed by atoms with Crippen LogP contribution in [0.3, 0.4) is 0 Å². The Morgan fingerprint density at radius 1 is 1.13 bits per heavy atom. The highest BCUT2D eigenvalue weighted by molar-refractivity contribution is 7.99. The van der Waals surface area contributed by atoms with Crippen molar-refractivity contribution in [2.45, 2.75) is 38.5 Å². The lowest BCUT2D eigenvalue weighted by atomic mass is 10.2. The number of rotatable bonds is 5. The fraction of sp³-hybridized carbons (Fsp3) is 0.286. The zero-order valence-electron chi connectivity index (χ0n) is 17.2. The van der Waals surface area contributed by atoms with Gasteiger partial charge < -0.3 is 10.1 Å². The number of benzene rings is 1. The maximum atomic E-state index is 12.9. The molecule has 1 N–H and O–H groups in total. The van der Waals surface area contributed by atoms with Crippen molar-refractivity contribution >= 4 is 29.4 Å². The first-order valence-electron chi connectivity index (χ1n) is 9.32. The van der Waals surface area contributed by atoms with E-state index in [0.29, 0.717) is 17.1 Å². The van der Waals surface area contributed by atoms with Gasteiger partial charge in [0.25, 0.3) is 0 Å². The van der Waals surface area contributed by atoms with Crippen molar-refractivity contribution in [3.8, 4) is 11.4 Å². The second-order valence-electron chi connectivity index (χ2n) is 7.51. The molecule has 3 rings (SSSR count). The van der Waals surface area contributed by atoms with Crippen molar-refractivity contribution < 1.29 is 14.3 Å². The SMILES string of the molecule is Cc1cc(-c2nnc(SCC(=O)Nc3ccccc3)n2C(=O)OC(C)(C)C)ccn1. The van der Waals surface area contributed by atoms with E-state index in [1.54, 1.807) is 51.2 Å². The van der Waals surface area contributed by atoms with Gasteiger partial charge >= 0.3 is 6.09 Å². The molecule has 9 heteroatoms. The molecule has 0 saturated heterocycles. The molecule has 2 heterocycles. The van der Waals surface area contributed by atoms with Gasteiger partial charge in [-0.25, -0.2) is 9.36 Å². The Balaban J connectivity index is 1.84. The Hall–Kier alpha value is -3.20. The molecule has 0 spiro atoms. The molecule has 0 radical (unpaired) electrons. The summed E-state index contributed by atoms with van der Waals surface area (Å²) in [5.74, 6) is 0.178. The minimum atomic E-state index is -0.695. The van der Waals surface area contributed by atoms with E-state index in [2.05, 4.69) is 20.5 Å². The summed E-state index contributed by atoms with van der Waals surface area (Å²) in [6, 6.07) is 12.7. The first kappa shape index (κ1) is 21.5. The maximum Gasteiger partial charge on any atom is 0.422 e.